The van der Waals surface area contributed by atoms with Crippen LogP contribution in [0.5, 0.6) is 0 Å². The van der Waals surface area contributed by atoms with Crippen LogP contribution in [0.4, 0.5) is 0 Å². The van der Waals surface area contributed by atoms with Gasteiger partial charge in [0.1, 0.15) is 0 Å². The summed E-state index contributed by atoms with van der Waals surface area (Å²) in [6, 6.07) is 3.48. The number of Topliss-reactive ketones (excluding diaryl/α,β-unsaturated/α-hetero) is 1. The lowest BCUT2D eigenvalue weighted by Crippen LogP contribution is -2.40. The predicted molar refractivity (Wildman–Crippen MR) is 63.4 cm³/mol. The standard InChI is InChI=1S/C13H16N2O2/c1-10(16)12-5-3-7-15(12)13(17)8-11-4-2-6-14-9-11/h2,4,6,9,12H,3,5,7-8H2,1H3/t12-/m0/s1. The van der Waals surface area contributed by atoms with Gasteiger partial charge in [0.05, 0.1) is 12.5 Å². The number of pyridine rings is 1. The minimum Gasteiger partial charge on any atom is -0.332 e. The van der Waals surface area contributed by atoms with E-state index in [1.807, 2.05) is 12.1 Å². The van der Waals surface area contributed by atoms with E-state index in [1.54, 1.807) is 24.2 Å². The molecule has 90 valence electrons. The third kappa shape index (κ3) is 2.70. The van der Waals surface area contributed by atoms with E-state index in [1.165, 1.54) is 0 Å². The molecule has 0 aromatic carbocycles. The van der Waals surface area contributed by atoms with Gasteiger partial charge in [-0.1, -0.05) is 6.07 Å². The van der Waals surface area contributed by atoms with Crippen LogP contribution in [0, 0.1) is 0 Å². The molecule has 1 amide bonds. The molecular formula is C13H16N2O2. The fraction of sp³-hybridized carbons (Fsp3) is 0.462. The number of likely N-dealkylation sites (tertiary alicyclic amines) is 1. The Kier molecular flexibility index (Phi) is 3.52. The van der Waals surface area contributed by atoms with Crippen molar-refractivity contribution in [3.05, 3.63) is 30.1 Å². The Morgan fingerprint density at radius 2 is 2.35 bits per heavy atom. The van der Waals surface area contributed by atoms with E-state index in [2.05, 4.69) is 4.98 Å². The number of rotatable bonds is 3. The van der Waals surface area contributed by atoms with Gasteiger partial charge in [-0.05, 0) is 31.4 Å². The number of ketones is 1. The molecule has 2 rings (SSSR count). The average molecular weight is 232 g/mol. The largest absolute Gasteiger partial charge is 0.332 e. The Morgan fingerprint density at radius 1 is 1.53 bits per heavy atom. The zero-order valence-electron chi connectivity index (χ0n) is 9.93. The van der Waals surface area contributed by atoms with Crippen molar-refractivity contribution in [3.8, 4) is 0 Å². The van der Waals surface area contributed by atoms with Crippen LogP contribution in [0.15, 0.2) is 24.5 Å². The second-order valence-electron chi connectivity index (χ2n) is 4.39. The van der Waals surface area contributed by atoms with Crippen LogP contribution in [-0.2, 0) is 16.0 Å². The molecule has 1 aliphatic rings. The van der Waals surface area contributed by atoms with Gasteiger partial charge in [0.25, 0.3) is 0 Å². The normalized spacial score (nSPS) is 19.4. The lowest BCUT2D eigenvalue weighted by Gasteiger charge is -2.22. The molecule has 1 fully saturated rings. The van der Waals surface area contributed by atoms with Crippen LogP contribution < -0.4 is 0 Å². The molecule has 0 unspecified atom stereocenters. The Bertz CT molecular complexity index is 417. The molecule has 0 saturated carbocycles. The summed E-state index contributed by atoms with van der Waals surface area (Å²) in [6.07, 6.45) is 5.42. The average Bonchev–Trinajstić information content (AvgIpc) is 2.79. The van der Waals surface area contributed by atoms with Gasteiger partial charge < -0.3 is 4.90 Å². The van der Waals surface area contributed by atoms with E-state index < -0.39 is 0 Å². The zero-order valence-corrected chi connectivity index (χ0v) is 9.93. The summed E-state index contributed by atoms with van der Waals surface area (Å²) in [4.78, 5) is 29.2. The number of nitrogens with zero attached hydrogens (tertiary/aromatic N) is 2. The van der Waals surface area contributed by atoms with Crippen molar-refractivity contribution in [1.29, 1.82) is 0 Å². The molecule has 0 radical (unpaired) electrons. The first-order chi connectivity index (χ1) is 8.18. The van der Waals surface area contributed by atoms with E-state index in [-0.39, 0.29) is 17.7 Å². The molecule has 17 heavy (non-hydrogen) atoms. The van der Waals surface area contributed by atoms with Gasteiger partial charge in [0.15, 0.2) is 5.78 Å². The van der Waals surface area contributed by atoms with Crippen molar-refractivity contribution in [1.82, 2.24) is 9.88 Å². The SMILES string of the molecule is CC(=O)[C@@H]1CCCN1C(=O)Cc1cccnc1. The first-order valence-corrected chi connectivity index (χ1v) is 5.87. The fourth-order valence-corrected chi connectivity index (χ4v) is 2.27. The van der Waals surface area contributed by atoms with E-state index in [0.29, 0.717) is 13.0 Å². The van der Waals surface area contributed by atoms with Crippen LogP contribution in [0.25, 0.3) is 0 Å². The van der Waals surface area contributed by atoms with Gasteiger partial charge in [-0.3, -0.25) is 14.6 Å². The van der Waals surface area contributed by atoms with Gasteiger partial charge >= 0.3 is 0 Å². The summed E-state index contributed by atoms with van der Waals surface area (Å²) in [6.45, 7) is 2.25. The van der Waals surface area contributed by atoms with Crippen molar-refractivity contribution >= 4 is 11.7 Å². The zero-order chi connectivity index (χ0) is 12.3. The highest BCUT2D eigenvalue weighted by molar-refractivity contribution is 5.88. The highest BCUT2D eigenvalue weighted by Gasteiger charge is 2.31. The summed E-state index contributed by atoms with van der Waals surface area (Å²) in [5, 5.41) is 0. The molecule has 0 N–H and O–H groups in total. The van der Waals surface area contributed by atoms with Crippen LogP contribution in [0.3, 0.4) is 0 Å². The van der Waals surface area contributed by atoms with Gasteiger partial charge in [0.2, 0.25) is 5.91 Å². The first kappa shape index (κ1) is 11.8. The molecule has 0 bridgehead atoms. The number of carbonyl (C=O) groups excluding carboxylic acids is 2. The Morgan fingerprint density at radius 3 is 3.00 bits per heavy atom. The molecule has 1 saturated heterocycles. The number of aromatic nitrogens is 1. The Labute approximate surface area is 101 Å². The van der Waals surface area contributed by atoms with Crippen LogP contribution in [-0.4, -0.2) is 34.2 Å². The number of carbonyl (C=O) groups is 2. The summed E-state index contributed by atoms with van der Waals surface area (Å²) >= 11 is 0. The molecule has 4 heteroatoms. The summed E-state index contributed by atoms with van der Waals surface area (Å²) in [7, 11) is 0. The van der Waals surface area contributed by atoms with Gasteiger partial charge in [-0.15, -0.1) is 0 Å². The topological polar surface area (TPSA) is 50.3 Å². The van der Waals surface area contributed by atoms with Gasteiger partial charge in [0, 0.05) is 18.9 Å². The maximum absolute atomic E-state index is 12.1. The lowest BCUT2D eigenvalue weighted by molar-refractivity contribution is -0.136. The van der Waals surface area contributed by atoms with Gasteiger partial charge in [-0.25, -0.2) is 0 Å². The van der Waals surface area contributed by atoms with Crippen molar-refractivity contribution in [2.24, 2.45) is 0 Å². The van der Waals surface area contributed by atoms with E-state index in [9.17, 15) is 9.59 Å². The third-order valence-electron chi connectivity index (χ3n) is 3.12. The number of hydrogen-bond donors (Lipinski definition) is 0. The second kappa shape index (κ2) is 5.08. The minimum absolute atomic E-state index is 0.0238. The lowest BCUT2D eigenvalue weighted by atomic mass is 10.1. The second-order valence-corrected chi connectivity index (χ2v) is 4.39. The molecule has 1 aliphatic heterocycles. The van der Waals surface area contributed by atoms with E-state index >= 15 is 0 Å². The van der Waals surface area contributed by atoms with Crippen molar-refractivity contribution < 1.29 is 9.59 Å². The van der Waals surface area contributed by atoms with Crippen molar-refractivity contribution in [2.75, 3.05) is 6.54 Å². The predicted octanol–water partition coefficient (Wildman–Crippen LogP) is 1.20. The summed E-state index contributed by atoms with van der Waals surface area (Å²) < 4.78 is 0. The summed E-state index contributed by atoms with van der Waals surface area (Å²) in [5.74, 6) is 0.109. The summed E-state index contributed by atoms with van der Waals surface area (Å²) in [5.41, 5.74) is 0.895. The quantitative estimate of drug-likeness (QED) is 0.787. The van der Waals surface area contributed by atoms with Gasteiger partial charge in [-0.2, -0.15) is 0 Å². The first-order valence-electron chi connectivity index (χ1n) is 5.87. The monoisotopic (exact) mass is 232 g/mol. The molecule has 1 aromatic heterocycles. The van der Waals surface area contributed by atoms with Crippen molar-refractivity contribution in [3.63, 3.8) is 0 Å². The highest BCUT2D eigenvalue weighted by Crippen LogP contribution is 2.19. The Hall–Kier alpha value is -1.71. The molecule has 1 aromatic rings. The Balaban J connectivity index is 2.03. The third-order valence-corrected chi connectivity index (χ3v) is 3.12. The van der Waals surface area contributed by atoms with Crippen LogP contribution >= 0.6 is 0 Å². The van der Waals surface area contributed by atoms with Crippen LogP contribution in [0.2, 0.25) is 0 Å². The van der Waals surface area contributed by atoms with Crippen LogP contribution in [0.1, 0.15) is 25.3 Å². The molecule has 0 spiro atoms. The smallest absolute Gasteiger partial charge is 0.227 e. The number of amides is 1. The number of hydrogen-bond acceptors (Lipinski definition) is 3. The van der Waals surface area contributed by atoms with E-state index in [4.69, 9.17) is 0 Å². The maximum Gasteiger partial charge on any atom is 0.227 e. The minimum atomic E-state index is -0.209. The molecule has 0 aliphatic carbocycles. The fourth-order valence-electron chi connectivity index (χ4n) is 2.27. The molecule has 4 nitrogen and oxygen atoms in total. The molecular weight excluding hydrogens is 216 g/mol. The maximum atomic E-state index is 12.1. The molecule has 1 atom stereocenters. The van der Waals surface area contributed by atoms with E-state index in [0.717, 1.165) is 18.4 Å². The molecule has 2 heterocycles. The van der Waals surface area contributed by atoms with Crippen molar-refractivity contribution in [2.45, 2.75) is 32.2 Å². The highest BCUT2D eigenvalue weighted by atomic mass is 16.2.